The van der Waals surface area contributed by atoms with Crippen molar-refractivity contribution in [3.63, 3.8) is 0 Å². The maximum Gasteiger partial charge on any atom is 0.326 e. The second-order valence-corrected chi connectivity index (χ2v) is 4.81. The number of nitrogens with one attached hydrogen (secondary N) is 2. The standard InChI is InChI=1S/C10H14N4O4S/c1-5(15)19-9-6(12-4-13-9)2-7(10(17)18)14-8(16)3-11/h4,7H,2-3,11H2,1H3,(H,12,13)(H,14,16)(H,17,18). The van der Waals surface area contributed by atoms with E-state index in [-0.39, 0.29) is 18.1 Å². The average Bonchev–Trinajstić information content (AvgIpc) is 2.74. The number of imidazole rings is 1. The zero-order chi connectivity index (χ0) is 14.4. The predicted molar refractivity (Wildman–Crippen MR) is 67.5 cm³/mol. The third-order valence-electron chi connectivity index (χ3n) is 2.15. The van der Waals surface area contributed by atoms with Gasteiger partial charge in [0.1, 0.15) is 11.1 Å². The number of amides is 1. The number of hydrogen-bond donors (Lipinski definition) is 4. The molecule has 0 bridgehead atoms. The van der Waals surface area contributed by atoms with Crippen LogP contribution in [-0.4, -0.2) is 44.7 Å². The first kappa shape index (κ1) is 15.2. The molecule has 1 heterocycles. The minimum absolute atomic E-state index is 0.00329. The van der Waals surface area contributed by atoms with E-state index in [9.17, 15) is 14.4 Å². The van der Waals surface area contributed by atoms with E-state index in [4.69, 9.17) is 10.8 Å². The van der Waals surface area contributed by atoms with Gasteiger partial charge in [-0.05, 0) is 11.8 Å². The fourth-order valence-electron chi connectivity index (χ4n) is 1.34. The van der Waals surface area contributed by atoms with Gasteiger partial charge in [0.2, 0.25) is 5.91 Å². The Labute approximate surface area is 113 Å². The van der Waals surface area contributed by atoms with Crippen LogP contribution in [0, 0.1) is 0 Å². The van der Waals surface area contributed by atoms with Crippen LogP contribution < -0.4 is 11.1 Å². The molecule has 1 aromatic rings. The molecule has 0 aliphatic heterocycles. The summed E-state index contributed by atoms with van der Waals surface area (Å²) in [6, 6.07) is -1.12. The van der Waals surface area contributed by atoms with E-state index in [0.717, 1.165) is 11.8 Å². The molecular formula is C10H14N4O4S. The SMILES string of the molecule is CC(=O)Sc1nc[nH]c1CC(NC(=O)CN)C(=O)O. The van der Waals surface area contributed by atoms with Crippen molar-refractivity contribution < 1.29 is 19.5 Å². The van der Waals surface area contributed by atoms with Crippen molar-refractivity contribution >= 4 is 28.8 Å². The van der Waals surface area contributed by atoms with Gasteiger partial charge in [-0.15, -0.1) is 0 Å². The van der Waals surface area contributed by atoms with Crippen LogP contribution in [0.3, 0.4) is 0 Å². The molecule has 0 saturated carbocycles. The quantitative estimate of drug-likeness (QED) is 0.498. The smallest absolute Gasteiger partial charge is 0.326 e. The van der Waals surface area contributed by atoms with E-state index in [1.54, 1.807) is 0 Å². The summed E-state index contributed by atoms with van der Waals surface area (Å²) in [5.74, 6) is -1.75. The zero-order valence-electron chi connectivity index (χ0n) is 10.2. The third kappa shape index (κ3) is 4.72. The molecule has 0 aromatic carbocycles. The number of aliphatic carboxylic acids is 1. The number of hydrogen-bond acceptors (Lipinski definition) is 6. The van der Waals surface area contributed by atoms with E-state index >= 15 is 0 Å². The Kier molecular flexibility index (Phi) is 5.52. The Morgan fingerprint density at radius 1 is 1.58 bits per heavy atom. The third-order valence-corrected chi connectivity index (χ3v) is 2.98. The van der Waals surface area contributed by atoms with Crippen LogP contribution in [0.2, 0.25) is 0 Å². The highest BCUT2D eigenvalue weighted by molar-refractivity contribution is 8.13. The van der Waals surface area contributed by atoms with E-state index in [1.165, 1.54) is 13.3 Å². The minimum atomic E-state index is -1.19. The van der Waals surface area contributed by atoms with Gasteiger partial charge in [-0.1, -0.05) is 0 Å². The largest absolute Gasteiger partial charge is 0.480 e. The van der Waals surface area contributed by atoms with Gasteiger partial charge < -0.3 is 21.1 Å². The Hall–Kier alpha value is -1.87. The normalized spacial score (nSPS) is 11.9. The van der Waals surface area contributed by atoms with Gasteiger partial charge >= 0.3 is 5.97 Å². The highest BCUT2D eigenvalue weighted by atomic mass is 32.2. The number of carbonyl (C=O) groups is 3. The fourth-order valence-corrected chi connectivity index (χ4v) is 1.98. The van der Waals surface area contributed by atoms with Crippen LogP contribution in [0.5, 0.6) is 0 Å². The molecule has 0 aliphatic carbocycles. The Bertz CT molecular complexity index is 488. The van der Waals surface area contributed by atoms with Crippen molar-refractivity contribution in [2.75, 3.05) is 6.54 Å². The van der Waals surface area contributed by atoms with E-state index < -0.39 is 17.9 Å². The molecule has 1 aromatic heterocycles. The molecule has 0 spiro atoms. The molecule has 0 saturated heterocycles. The number of nitrogens with zero attached hydrogens (tertiary/aromatic N) is 1. The summed E-state index contributed by atoms with van der Waals surface area (Å²) in [5.41, 5.74) is 5.59. The number of H-pyrrole nitrogens is 1. The summed E-state index contributed by atoms with van der Waals surface area (Å²) in [6.07, 6.45) is 1.36. The van der Waals surface area contributed by atoms with Gasteiger partial charge in [-0.25, -0.2) is 9.78 Å². The lowest BCUT2D eigenvalue weighted by molar-refractivity contribution is -0.141. The average molecular weight is 286 g/mol. The van der Waals surface area contributed by atoms with Crippen LogP contribution in [0.25, 0.3) is 0 Å². The predicted octanol–water partition coefficient (Wildman–Crippen LogP) is -0.881. The van der Waals surface area contributed by atoms with Crippen molar-refractivity contribution in [2.24, 2.45) is 5.73 Å². The summed E-state index contributed by atoms with van der Waals surface area (Å²) in [7, 11) is 0. The van der Waals surface area contributed by atoms with Gasteiger partial charge in [0.25, 0.3) is 0 Å². The number of carbonyl (C=O) groups excluding carboxylic acids is 2. The molecule has 1 rings (SSSR count). The van der Waals surface area contributed by atoms with Crippen molar-refractivity contribution in [2.45, 2.75) is 24.4 Å². The second-order valence-electron chi connectivity index (χ2n) is 3.65. The van der Waals surface area contributed by atoms with Crippen LogP contribution in [0.15, 0.2) is 11.4 Å². The topological polar surface area (TPSA) is 138 Å². The number of carboxylic acid groups (broad SMARTS) is 1. The maximum atomic E-state index is 11.1. The Balaban J connectivity index is 2.79. The lowest BCUT2D eigenvalue weighted by Crippen LogP contribution is -2.44. The first-order chi connectivity index (χ1) is 8.93. The Morgan fingerprint density at radius 3 is 2.79 bits per heavy atom. The lowest BCUT2D eigenvalue weighted by atomic mass is 10.1. The molecule has 0 aliphatic rings. The highest BCUT2D eigenvalue weighted by Gasteiger charge is 2.22. The van der Waals surface area contributed by atoms with Crippen LogP contribution >= 0.6 is 11.8 Å². The highest BCUT2D eigenvalue weighted by Crippen LogP contribution is 2.20. The fraction of sp³-hybridized carbons (Fsp3) is 0.400. The molecule has 1 amide bonds. The van der Waals surface area contributed by atoms with Gasteiger partial charge in [0.15, 0.2) is 5.12 Å². The first-order valence-corrected chi connectivity index (χ1v) is 6.18. The van der Waals surface area contributed by atoms with Crippen LogP contribution in [0.1, 0.15) is 12.6 Å². The Morgan fingerprint density at radius 2 is 2.26 bits per heavy atom. The summed E-state index contributed by atoms with van der Waals surface area (Å²) >= 11 is 0.898. The van der Waals surface area contributed by atoms with Crippen molar-refractivity contribution in [3.8, 4) is 0 Å². The monoisotopic (exact) mass is 286 g/mol. The van der Waals surface area contributed by atoms with Gasteiger partial charge in [-0.2, -0.15) is 0 Å². The molecule has 0 radical (unpaired) electrons. The number of thioether (sulfide) groups is 1. The first-order valence-electron chi connectivity index (χ1n) is 5.37. The summed E-state index contributed by atoms with van der Waals surface area (Å²) in [4.78, 5) is 39.9. The molecule has 9 heteroatoms. The molecule has 0 fully saturated rings. The van der Waals surface area contributed by atoms with Crippen LogP contribution in [0.4, 0.5) is 0 Å². The van der Waals surface area contributed by atoms with Crippen molar-refractivity contribution in [3.05, 3.63) is 12.0 Å². The minimum Gasteiger partial charge on any atom is -0.480 e. The molecule has 8 nitrogen and oxygen atoms in total. The zero-order valence-corrected chi connectivity index (χ0v) is 11.0. The van der Waals surface area contributed by atoms with Gasteiger partial charge in [0.05, 0.1) is 18.6 Å². The molecular weight excluding hydrogens is 272 g/mol. The van der Waals surface area contributed by atoms with Gasteiger partial charge in [-0.3, -0.25) is 9.59 Å². The summed E-state index contributed by atoms with van der Waals surface area (Å²) in [5, 5.41) is 11.5. The number of aromatic nitrogens is 2. The number of nitrogens with two attached hydrogens (primary N) is 1. The number of aromatic amines is 1. The second kappa shape index (κ2) is 6.90. The molecule has 5 N–H and O–H groups in total. The van der Waals surface area contributed by atoms with Crippen molar-refractivity contribution in [1.29, 1.82) is 0 Å². The summed E-state index contributed by atoms with van der Waals surface area (Å²) in [6.45, 7) is 1.09. The van der Waals surface area contributed by atoms with E-state index in [1.807, 2.05) is 0 Å². The van der Waals surface area contributed by atoms with Gasteiger partial charge in [0, 0.05) is 13.3 Å². The maximum absolute atomic E-state index is 11.1. The van der Waals surface area contributed by atoms with E-state index in [2.05, 4.69) is 15.3 Å². The molecule has 1 unspecified atom stereocenters. The number of carboxylic acids is 1. The van der Waals surface area contributed by atoms with Crippen LogP contribution in [-0.2, 0) is 20.8 Å². The van der Waals surface area contributed by atoms with E-state index in [0.29, 0.717) is 10.7 Å². The summed E-state index contributed by atoms with van der Waals surface area (Å²) < 4.78 is 0. The molecule has 1 atom stereocenters. The molecule has 19 heavy (non-hydrogen) atoms. The molecule has 104 valence electrons. The lowest BCUT2D eigenvalue weighted by Gasteiger charge is -2.13. The number of rotatable bonds is 6. The van der Waals surface area contributed by atoms with Crippen molar-refractivity contribution in [1.82, 2.24) is 15.3 Å².